The highest BCUT2D eigenvalue weighted by Gasteiger charge is 2.25. The zero-order valence-corrected chi connectivity index (χ0v) is 14.5. The molecule has 0 fully saturated rings. The van der Waals surface area contributed by atoms with Crippen LogP contribution in [0.15, 0.2) is 53.4 Å². The van der Waals surface area contributed by atoms with Gasteiger partial charge in [-0.15, -0.1) is 0 Å². The second-order valence-electron chi connectivity index (χ2n) is 5.50. The highest BCUT2D eigenvalue weighted by atomic mass is 32.2. The summed E-state index contributed by atoms with van der Waals surface area (Å²) < 4.78 is 30.0. The van der Waals surface area contributed by atoms with E-state index in [1.165, 1.54) is 17.0 Å². The average Bonchev–Trinajstić information content (AvgIpc) is 2.62. The summed E-state index contributed by atoms with van der Waals surface area (Å²) in [7, 11) is 0. The normalized spacial score (nSPS) is 13.3. The van der Waals surface area contributed by atoms with E-state index in [1.807, 2.05) is 6.07 Å². The molecule has 136 valence electrons. The summed E-state index contributed by atoms with van der Waals surface area (Å²) in [6.07, 6.45) is 0.105. The Morgan fingerprint density at radius 3 is 2.65 bits per heavy atom. The number of nitrogens with one attached hydrogen (secondary N) is 1. The van der Waals surface area contributed by atoms with E-state index in [1.54, 1.807) is 30.3 Å². The summed E-state index contributed by atoms with van der Waals surface area (Å²) in [6.45, 7) is 0.173. The number of nitrogens with zero attached hydrogens (tertiary/aromatic N) is 1. The van der Waals surface area contributed by atoms with Crippen LogP contribution in [-0.4, -0.2) is 30.7 Å². The van der Waals surface area contributed by atoms with Crippen LogP contribution in [0.25, 0.3) is 0 Å². The van der Waals surface area contributed by atoms with E-state index >= 15 is 0 Å². The molecule has 1 N–H and O–H groups in total. The standard InChI is InChI=1S/C18H16F2N2O3S/c19-18(20)26-13-7-5-12(6-8-13)21-16(23)9-10-22-14-3-1-2-4-15(14)25-11-17(22)24/h1-8,18H,9-11H2,(H,21,23). The number of ether oxygens (including phenoxy) is 1. The molecule has 1 heterocycles. The van der Waals surface area contributed by atoms with Gasteiger partial charge in [0.15, 0.2) is 6.61 Å². The maximum atomic E-state index is 12.3. The van der Waals surface area contributed by atoms with Gasteiger partial charge in [0.05, 0.1) is 5.69 Å². The number of hydrogen-bond donors (Lipinski definition) is 1. The minimum atomic E-state index is -2.48. The van der Waals surface area contributed by atoms with Crippen molar-refractivity contribution in [3.05, 3.63) is 48.5 Å². The van der Waals surface area contributed by atoms with Gasteiger partial charge in [-0.3, -0.25) is 9.59 Å². The third kappa shape index (κ3) is 4.51. The summed E-state index contributed by atoms with van der Waals surface area (Å²) >= 11 is 0.447. The third-order valence-electron chi connectivity index (χ3n) is 3.73. The van der Waals surface area contributed by atoms with E-state index in [2.05, 4.69) is 5.32 Å². The Hall–Kier alpha value is -2.61. The molecule has 2 amide bonds. The molecule has 5 nitrogen and oxygen atoms in total. The highest BCUT2D eigenvalue weighted by molar-refractivity contribution is 7.99. The number of thioether (sulfide) groups is 1. The molecule has 0 unspecified atom stereocenters. The molecule has 2 aromatic rings. The van der Waals surface area contributed by atoms with Crippen molar-refractivity contribution in [2.45, 2.75) is 17.1 Å². The summed E-state index contributed by atoms with van der Waals surface area (Å²) in [5.74, 6) is -2.34. The highest BCUT2D eigenvalue weighted by Crippen LogP contribution is 2.31. The number of para-hydroxylation sites is 2. The molecule has 8 heteroatoms. The number of alkyl halides is 2. The number of benzene rings is 2. The smallest absolute Gasteiger partial charge is 0.288 e. The molecule has 0 saturated carbocycles. The molecule has 0 saturated heterocycles. The van der Waals surface area contributed by atoms with Crippen molar-refractivity contribution in [2.24, 2.45) is 0 Å². The van der Waals surface area contributed by atoms with Crippen LogP contribution < -0.4 is 15.0 Å². The van der Waals surface area contributed by atoms with Crippen LogP contribution in [0.3, 0.4) is 0 Å². The van der Waals surface area contributed by atoms with Crippen LogP contribution in [0.2, 0.25) is 0 Å². The molecular weight excluding hydrogens is 362 g/mol. The van der Waals surface area contributed by atoms with Crippen LogP contribution in [0.1, 0.15) is 6.42 Å². The Balaban J connectivity index is 1.57. The van der Waals surface area contributed by atoms with Crippen molar-refractivity contribution >= 4 is 35.0 Å². The van der Waals surface area contributed by atoms with Gasteiger partial charge in [-0.05, 0) is 36.4 Å². The molecule has 0 radical (unpaired) electrons. The number of amides is 2. The predicted octanol–water partition coefficient (Wildman–Crippen LogP) is 3.76. The predicted molar refractivity (Wildman–Crippen MR) is 95.8 cm³/mol. The van der Waals surface area contributed by atoms with E-state index in [0.717, 1.165) is 0 Å². The van der Waals surface area contributed by atoms with E-state index in [-0.39, 0.29) is 31.4 Å². The molecule has 1 aliphatic rings. The van der Waals surface area contributed by atoms with Gasteiger partial charge in [0, 0.05) is 23.5 Å². The van der Waals surface area contributed by atoms with Crippen molar-refractivity contribution < 1.29 is 23.1 Å². The van der Waals surface area contributed by atoms with Gasteiger partial charge in [0.2, 0.25) is 5.91 Å². The van der Waals surface area contributed by atoms with Crippen LogP contribution in [0.4, 0.5) is 20.2 Å². The minimum absolute atomic E-state index is 0.0537. The zero-order valence-electron chi connectivity index (χ0n) is 13.7. The molecular formula is C18H16F2N2O3S. The zero-order chi connectivity index (χ0) is 18.5. The third-order valence-corrected chi connectivity index (χ3v) is 4.46. The van der Waals surface area contributed by atoms with Crippen LogP contribution in [0, 0.1) is 0 Å². The Labute approximate surface area is 153 Å². The number of carbonyl (C=O) groups is 2. The van der Waals surface area contributed by atoms with Crippen LogP contribution in [-0.2, 0) is 9.59 Å². The fourth-order valence-electron chi connectivity index (χ4n) is 2.56. The molecule has 0 spiro atoms. The number of hydrogen-bond acceptors (Lipinski definition) is 4. The summed E-state index contributed by atoms with van der Waals surface area (Å²) in [5, 5.41) is 2.70. The van der Waals surface area contributed by atoms with Gasteiger partial charge in [-0.2, -0.15) is 8.78 Å². The fourth-order valence-corrected chi connectivity index (χ4v) is 3.05. The average molecular weight is 378 g/mol. The topological polar surface area (TPSA) is 58.6 Å². The second-order valence-corrected chi connectivity index (χ2v) is 6.57. The number of rotatable bonds is 6. The lowest BCUT2D eigenvalue weighted by atomic mass is 10.2. The van der Waals surface area contributed by atoms with Gasteiger partial charge in [0.25, 0.3) is 11.7 Å². The van der Waals surface area contributed by atoms with E-state index in [0.29, 0.717) is 33.8 Å². The summed E-state index contributed by atoms with van der Waals surface area (Å²) in [5.41, 5.74) is 1.16. The first-order valence-electron chi connectivity index (χ1n) is 7.90. The summed E-state index contributed by atoms with van der Waals surface area (Å²) in [4.78, 5) is 26.1. The second kappa shape index (κ2) is 8.18. The van der Waals surface area contributed by atoms with Crippen molar-refractivity contribution in [2.75, 3.05) is 23.4 Å². The first-order chi connectivity index (χ1) is 12.5. The van der Waals surface area contributed by atoms with Crippen LogP contribution >= 0.6 is 11.8 Å². The monoisotopic (exact) mass is 378 g/mol. The Bertz CT molecular complexity index is 799. The molecule has 0 bridgehead atoms. The lowest BCUT2D eigenvalue weighted by Gasteiger charge is -2.29. The van der Waals surface area contributed by atoms with Crippen molar-refractivity contribution in [1.29, 1.82) is 0 Å². The maximum absolute atomic E-state index is 12.3. The lowest BCUT2D eigenvalue weighted by Crippen LogP contribution is -2.40. The largest absolute Gasteiger partial charge is 0.482 e. The first-order valence-corrected chi connectivity index (χ1v) is 8.78. The van der Waals surface area contributed by atoms with Gasteiger partial charge >= 0.3 is 0 Å². The maximum Gasteiger partial charge on any atom is 0.288 e. The van der Waals surface area contributed by atoms with Crippen molar-refractivity contribution in [1.82, 2.24) is 0 Å². The van der Waals surface area contributed by atoms with E-state index < -0.39 is 5.76 Å². The molecule has 0 atom stereocenters. The quantitative estimate of drug-likeness (QED) is 0.778. The van der Waals surface area contributed by atoms with Crippen molar-refractivity contribution in [3.63, 3.8) is 0 Å². The first kappa shape index (κ1) is 18.2. The number of anilines is 2. The van der Waals surface area contributed by atoms with Crippen LogP contribution in [0.5, 0.6) is 5.75 Å². The molecule has 2 aromatic carbocycles. The Morgan fingerprint density at radius 2 is 1.92 bits per heavy atom. The summed E-state index contributed by atoms with van der Waals surface area (Å²) in [6, 6.07) is 13.3. The van der Waals surface area contributed by atoms with Gasteiger partial charge < -0.3 is 15.0 Å². The molecule has 0 aliphatic carbocycles. The molecule has 1 aliphatic heterocycles. The minimum Gasteiger partial charge on any atom is -0.482 e. The molecule has 3 rings (SSSR count). The Morgan fingerprint density at radius 1 is 1.19 bits per heavy atom. The number of fused-ring (bicyclic) bond motifs is 1. The van der Waals surface area contributed by atoms with E-state index in [4.69, 9.17) is 4.74 Å². The number of carbonyl (C=O) groups excluding carboxylic acids is 2. The van der Waals surface area contributed by atoms with Crippen molar-refractivity contribution in [3.8, 4) is 5.75 Å². The Kier molecular flexibility index (Phi) is 5.72. The SMILES string of the molecule is O=C(CCN1C(=O)COc2ccccc21)Nc1ccc(SC(F)F)cc1. The van der Waals surface area contributed by atoms with E-state index in [9.17, 15) is 18.4 Å². The van der Waals surface area contributed by atoms with Gasteiger partial charge in [-0.25, -0.2) is 0 Å². The van der Waals surface area contributed by atoms with Gasteiger partial charge in [0.1, 0.15) is 5.75 Å². The molecule has 0 aromatic heterocycles. The lowest BCUT2D eigenvalue weighted by molar-refractivity contribution is -0.121. The molecule has 26 heavy (non-hydrogen) atoms. The fraction of sp³-hybridized carbons (Fsp3) is 0.222. The number of halogens is 2. The van der Waals surface area contributed by atoms with Gasteiger partial charge in [-0.1, -0.05) is 23.9 Å².